The molecule has 0 radical (unpaired) electrons. The Hall–Kier alpha value is -3.80. The van der Waals surface area contributed by atoms with Crippen molar-refractivity contribution >= 4 is 34.6 Å². The zero-order chi connectivity index (χ0) is 21.3. The van der Waals surface area contributed by atoms with E-state index in [-0.39, 0.29) is 11.9 Å². The number of fused-ring (bicyclic) bond motifs is 2. The first-order valence-corrected chi connectivity index (χ1v) is 9.56. The zero-order valence-corrected chi connectivity index (χ0v) is 17.0. The van der Waals surface area contributed by atoms with E-state index in [0.29, 0.717) is 0 Å². The van der Waals surface area contributed by atoms with E-state index >= 15 is 0 Å². The Morgan fingerprint density at radius 3 is 2.50 bits per heavy atom. The molecule has 0 bridgehead atoms. The lowest BCUT2D eigenvalue weighted by Crippen LogP contribution is -2.37. The third-order valence-electron chi connectivity index (χ3n) is 5.22. The first-order chi connectivity index (χ1) is 14.5. The second-order valence-corrected chi connectivity index (χ2v) is 6.96. The molecule has 1 aromatic heterocycles. The van der Waals surface area contributed by atoms with Crippen LogP contribution in [0.5, 0.6) is 0 Å². The number of aromatic nitrogens is 1. The third kappa shape index (κ3) is 3.26. The van der Waals surface area contributed by atoms with Gasteiger partial charge in [-0.25, -0.2) is 9.59 Å². The van der Waals surface area contributed by atoms with Crippen LogP contribution in [-0.4, -0.2) is 30.7 Å². The number of nitrogens with zero attached hydrogens (tertiary/aromatic N) is 2. The van der Waals surface area contributed by atoms with Gasteiger partial charge in [0.2, 0.25) is 0 Å². The second-order valence-electron chi connectivity index (χ2n) is 6.96. The number of hydrogen-bond donors (Lipinski definition) is 0. The van der Waals surface area contributed by atoms with Crippen LogP contribution in [0.2, 0.25) is 0 Å². The van der Waals surface area contributed by atoms with Gasteiger partial charge in [0.05, 0.1) is 31.5 Å². The summed E-state index contributed by atoms with van der Waals surface area (Å²) >= 11 is 0. The number of esters is 2. The number of aryl methyl sites for hydroxylation is 1. The molecule has 0 saturated carbocycles. The predicted molar refractivity (Wildman–Crippen MR) is 116 cm³/mol. The van der Waals surface area contributed by atoms with Crippen LogP contribution < -0.4 is 4.90 Å². The molecule has 0 saturated heterocycles. The summed E-state index contributed by atoms with van der Waals surface area (Å²) in [5, 5.41) is 1.10. The zero-order valence-electron chi connectivity index (χ0n) is 17.0. The van der Waals surface area contributed by atoms with Gasteiger partial charge in [0.1, 0.15) is 11.9 Å². The minimum Gasteiger partial charge on any atom is -0.466 e. The first kappa shape index (κ1) is 19.5. The maximum absolute atomic E-state index is 12.8. The summed E-state index contributed by atoms with van der Waals surface area (Å²) < 4.78 is 12.0. The monoisotopic (exact) mass is 402 g/mol. The van der Waals surface area contributed by atoms with Crippen LogP contribution in [0.25, 0.3) is 17.0 Å². The normalized spacial score (nSPS) is 15.8. The molecule has 2 aromatic carbocycles. The molecule has 1 unspecified atom stereocenters. The highest BCUT2D eigenvalue weighted by molar-refractivity contribution is 6.00. The lowest BCUT2D eigenvalue weighted by Gasteiger charge is -2.37. The fourth-order valence-corrected chi connectivity index (χ4v) is 3.91. The lowest BCUT2D eigenvalue weighted by molar-refractivity contribution is -0.138. The number of benzene rings is 2. The van der Waals surface area contributed by atoms with E-state index in [0.717, 1.165) is 27.8 Å². The van der Waals surface area contributed by atoms with Crippen molar-refractivity contribution in [3.63, 3.8) is 0 Å². The summed E-state index contributed by atoms with van der Waals surface area (Å²) in [7, 11) is 2.57. The molecule has 0 N–H and O–H groups in total. The van der Waals surface area contributed by atoms with Crippen LogP contribution in [0.3, 0.4) is 0 Å². The van der Waals surface area contributed by atoms with Gasteiger partial charge in [-0.3, -0.25) is 0 Å². The SMILES string of the molecule is COC(=O)/C=C(/C(=O)OC)N1c2ccccc2C=CC1n1c(C)cc2ccccc21. The molecule has 2 heterocycles. The summed E-state index contributed by atoms with van der Waals surface area (Å²) in [4.78, 5) is 26.7. The van der Waals surface area contributed by atoms with Crippen LogP contribution in [-0.2, 0) is 19.1 Å². The molecule has 1 aliphatic rings. The predicted octanol–water partition coefficient (Wildman–Crippen LogP) is 4.21. The number of anilines is 1. The summed E-state index contributed by atoms with van der Waals surface area (Å²) in [6, 6.07) is 17.9. The topological polar surface area (TPSA) is 60.8 Å². The first-order valence-electron chi connectivity index (χ1n) is 9.56. The van der Waals surface area contributed by atoms with E-state index in [1.165, 1.54) is 20.3 Å². The summed E-state index contributed by atoms with van der Waals surface area (Å²) in [6.45, 7) is 2.02. The van der Waals surface area contributed by atoms with Gasteiger partial charge in [0.15, 0.2) is 0 Å². The third-order valence-corrected chi connectivity index (χ3v) is 5.22. The van der Waals surface area contributed by atoms with E-state index in [9.17, 15) is 9.59 Å². The van der Waals surface area contributed by atoms with Gasteiger partial charge >= 0.3 is 11.9 Å². The quantitative estimate of drug-likeness (QED) is 0.483. The minimum absolute atomic E-state index is 0.100. The van der Waals surface area contributed by atoms with Crippen molar-refractivity contribution in [2.24, 2.45) is 0 Å². The highest BCUT2D eigenvalue weighted by Gasteiger charge is 2.32. The molecule has 6 heteroatoms. The van der Waals surface area contributed by atoms with Crippen molar-refractivity contribution in [2.45, 2.75) is 13.1 Å². The highest BCUT2D eigenvalue weighted by atomic mass is 16.5. The number of para-hydroxylation sites is 2. The molecule has 6 nitrogen and oxygen atoms in total. The summed E-state index contributed by atoms with van der Waals surface area (Å²) in [5.41, 5.74) is 3.88. The fraction of sp³-hybridized carbons (Fsp3) is 0.167. The Balaban J connectivity index is 1.98. The van der Waals surface area contributed by atoms with Crippen molar-refractivity contribution in [1.29, 1.82) is 0 Å². The Bertz CT molecular complexity index is 1190. The summed E-state index contributed by atoms with van der Waals surface area (Å²) in [6.07, 6.45) is 4.83. The van der Waals surface area contributed by atoms with Gasteiger partial charge < -0.3 is 18.9 Å². The van der Waals surface area contributed by atoms with E-state index in [2.05, 4.69) is 16.7 Å². The molecular formula is C24H22N2O4. The average Bonchev–Trinajstić information content (AvgIpc) is 3.11. The van der Waals surface area contributed by atoms with Crippen LogP contribution in [0.1, 0.15) is 17.4 Å². The van der Waals surface area contributed by atoms with Crippen LogP contribution in [0, 0.1) is 6.92 Å². The van der Waals surface area contributed by atoms with Gasteiger partial charge in [-0.15, -0.1) is 0 Å². The largest absolute Gasteiger partial charge is 0.466 e. The number of hydrogen-bond acceptors (Lipinski definition) is 5. The van der Waals surface area contributed by atoms with Crippen molar-refractivity contribution in [3.05, 3.63) is 83.7 Å². The Morgan fingerprint density at radius 1 is 1.00 bits per heavy atom. The van der Waals surface area contributed by atoms with E-state index in [4.69, 9.17) is 9.47 Å². The standard InChI is InChI=1S/C24H22N2O4/c1-16-14-18-9-5-7-11-20(18)25(16)22-13-12-17-8-4-6-10-19(17)26(22)21(24(28)30-3)15-23(27)29-2/h4-15,22H,1-3H3/b21-15-. The minimum atomic E-state index is -0.629. The molecule has 3 aromatic rings. The van der Waals surface area contributed by atoms with Crippen molar-refractivity contribution in [2.75, 3.05) is 19.1 Å². The van der Waals surface area contributed by atoms with Gasteiger partial charge in [-0.2, -0.15) is 0 Å². The van der Waals surface area contributed by atoms with Crippen molar-refractivity contribution < 1.29 is 19.1 Å². The molecule has 0 amide bonds. The number of rotatable bonds is 4. The van der Waals surface area contributed by atoms with Crippen molar-refractivity contribution in [1.82, 2.24) is 4.57 Å². The lowest BCUT2D eigenvalue weighted by atomic mass is 10.0. The molecule has 30 heavy (non-hydrogen) atoms. The van der Waals surface area contributed by atoms with Crippen LogP contribution >= 0.6 is 0 Å². The Kier molecular flexibility index (Phi) is 5.14. The Morgan fingerprint density at radius 2 is 1.73 bits per heavy atom. The molecule has 0 fully saturated rings. The molecule has 0 aliphatic carbocycles. The smallest absolute Gasteiger partial charge is 0.355 e. The van der Waals surface area contributed by atoms with Gasteiger partial charge in [-0.05, 0) is 42.1 Å². The maximum Gasteiger partial charge on any atom is 0.355 e. The summed E-state index contributed by atoms with van der Waals surface area (Å²) in [5.74, 6) is -1.25. The van der Waals surface area contributed by atoms with Gasteiger partial charge in [0.25, 0.3) is 0 Å². The maximum atomic E-state index is 12.8. The highest BCUT2D eigenvalue weighted by Crippen LogP contribution is 2.39. The average molecular weight is 402 g/mol. The molecule has 1 atom stereocenters. The number of carbonyl (C=O) groups is 2. The number of methoxy groups -OCH3 is 2. The van der Waals surface area contributed by atoms with E-state index < -0.39 is 11.9 Å². The van der Waals surface area contributed by atoms with E-state index in [1.54, 1.807) is 0 Å². The molecule has 1 aliphatic heterocycles. The van der Waals surface area contributed by atoms with Gasteiger partial charge in [-0.1, -0.05) is 42.5 Å². The molecular weight excluding hydrogens is 380 g/mol. The molecule has 152 valence electrons. The fourth-order valence-electron chi connectivity index (χ4n) is 3.91. The Labute approximate surface area is 174 Å². The van der Waals surface area contributed by atoms with Crippen molar-refractivity contribution in [3.8, 4) is 0 Å². The van der Waals surface area contributed by atoms with E-state index in [1.807, 2.05) is 66.4 Å². The van der Waals surface area contributed by atoms with Crippen LogP contribution in [0.15, 0.2) is 72.4 Å². The second kappa shape index (κ2) is 7.91. The number of carbonyl (C=O) groups excluding carboxylic acids is 2. The number of ether oxygens (including phenoxy) is 2. The molecule has 4 rings (SSSR count). The van der Waals surface area contributed by atoms with Gasteiger partial charge in [0, 0.05) is 5.69 Å². The molecule has 0 spiro atoms. The van der Waals surface area contributed by atoms with Crippen LogP contribution in [0.4, 0.5) is 5.69 Å².